The highest BCUT2D eigenvalue weighted by molar-refractivity contribution is 5.92. The van der Waals surface area contributed by atoms with Crippen molar-refractivity contribution in [2.75, 3.05) is 32.8 Å². The minimum atomic E-state index is -0.0317. The monoisotopic (exact) mass is 409 g/mol. The smallest absolute Gasteiger partial charge is 0.291 e. The van der Waals surface area contributed by atoms with Crippen LogP contribution in [0.5, 0.6) is 0 Å². The third-order valence-corrected chi connectivity index (χ3v) is 7.59. The molecule has 0 radical (unpaired) electrons. The molecule has 5 rings (SSSR count). The lowest BCUT2D eigenvalue weighted by Crippen LogP contribution is -2.51. The van der Waals surface area contributed by atoms with Gasteiger partial charge in [-0.3, -0.25) is 9.69 Å². The lowest BCUT2D eigenvalue weighted by atomic mass is 9.75. The van der Waals surface area contributed by atoms with Gasteiger partial charge < -0.3 is 14.1 Å². The van der Waals surface area contributed by atoms with E-state index in [1.54, 1.807) is 0 Å². The Morgan fingerprint density at radius 3 is 2.60 bits per heavy atom. The van der Waals surface area contributed by atoms with Crippen molar-refractivity contribution in [2.45, 2.75) is 45.3 Å². The van der Waals surface area contributed by atoms with Gasteiger partial charge in [-0.15, -0.1) is 0 Å². The van der Waals surface area contributed by atoms with Gasteiger partial charge in [0.1, 0.15) is 0 Å². The quantitative estimate of drug-likeness (QED) is 0.774. The van der Waals surface area contributed by atoms with Crippen molar-refractivity contribution >= 4 is 5.91 Å². The first-order valence-corrected chi connectivity index (χ1v) is 11.1. The zero-order chi connectivity index (χ0) is 20.7. The molecule has 3 aliphatic rings. The first-order valence-electron chi connectivity index (χ1n) is 11.1. The van der Waals surface area contributed by atoms with Crippen LogP contribution < -0.4 is 0 Å². The van der Waals surface area contributed by atoms with Gasteiger partial charge in [0.2, 0.25) is 5.76 Å². The number of carbonyl (C=O) groups excluding carboxylic acids is 1. The van der Waals surface area contributed by atoms with Crippen molar-refractivity contribution in [1.29, 1.82) is 0 Å². The first-order chi connectivity index (χ1) is 14.5. The third kappa shape index (κ3) is 3.56. The number of nitrogens with zero attached hydrogens (tertiary/aromatic N) is 3. The Morgan fingerprint density at radius 2 is 1.90 bits per heavy atom. The van der Waals surface area contributed by atoms with E-state index in [2.05, 4.69) is 47.1 Å². The predicted molar refractivity (Wildman–Crippen MR) is 113 cm³/mol. The summed E-state index contributed by atoms with van der Waals surface area (Å²) < 4.78 is 11.6. The van der Waals surface area contributed by atoms with Crippen molar-refractivity contribution in [2.24, 2.45) is 11.3 Å². The SMILES string of the molecule is Cc1ncoc1C(=O)N1CCN([C@H]2C[C@H]3C[C@@H](c4ccccc4)OC[C@@]3(C)C2)CC1. The van der Waals surface area contributed by atoms with E-state index in [9.17, 15) is 4.79 Å². The van der Waals surface area contributed by atoms with Crippen LogP contribution in [-0.4, -0.2) is 59.5 Å². The highest BCUT2D eigenvalue weighted by atomic mass is 16.5. The van der Waals surface area contributed by atoms with Crippen LogP contribution >= 0.6 is 0 Å². The highest BCUT2D eigenvalue weighted by Gasteiger charge is 2.49. The molecule has 6 nitrogen and oxygen atoms in total. The Balaban J connectivity index is 1.19. The Kier molecular flexibility index (Phi) is 5.15. The molecule has 1 aliphatic carbocycles. The molecule has 2 aliphatic heterocycles. The minimum Gasteiger partial charge on any atom is -0.438 e. The molecule has 1 amide bonds. The fourth-order valence-corrected chi connectivity index (χ4v) is 5.70. The molecule has 1 aromatic carbocycles. The van der Waals surface area contributed by atoms with Gasteiger partial charge in [0, 0.05) is 32.2 Å². The number of ether oxygens (including phenoxy) is 1. The zero-order valence-corrected chi connectivity index (χ0v) is 17.9. The standard InChI is InChI=1S/C24H31N3O3/c1-17-22(30-16-25-17)23(28)27-10-8-26(9-11-27)20-12-19-13-21(18-6-4-3-5-7-18)29-15-24(19,2)14-20/h3-7,16,19-21H,8-15H2,1-2H3/t19-,20-,21-,24+/m0/s1. The van der Waals surface area contributed by atoms with Crippen molar-refractivity contribution < 1.29 is 13.9 Å². The van der Waals surface area contributed by atoms with E-state index < -0.39 is 0 Å². The van der Waals surface area contributed by atoms with Crippen LogP contribution in [0.4, 0.5) is 0 Å². The van der Waals surface area contributed by atoms with Crippen LogP contribution in [0.15, 0.2) is 41.1 Å². The number of aromatic nitrogens is 1. The second-order valence-electron chi connectivity index (χ2n) is 9.49. The highest BCUT2D eigenvalue weighted by Crippen LogP contribution is 2.52. The molecule has 3 fully saturated rings. The number of carbonyl (C=O) groups is 1. The van der Waals surface area contributed by atoms with E-state index >= 15 is 0 Å². The summed E-state index contributed by atoms with van der Waals surface area (Å²) in [5.41, 5.74) is 2.24. The molecule has 3 heterocycles. The average Bonchev–Trinajstić information content (AvgIpc) is 3.36. The van der Waals surface area contributed by atoms with Gasteiger partial charge in [-0.1, -0.05) is 37.3 Å². The van der Waals surface area contributed by atoms with Gasteiger partial charge in [-0.2, -0.15) is 0 Å². The van der Waals surface area contributed by atoms with Crippen LogP contribution in [0.3, 0.4) is 0 Å². The van der Waals surface area contributed by atoms with Crippen LogP contribution in [0.1, 0.15) is 54.1 Å². The molecule has 0 bridgehead atoms. The fourth-order valence-electron chi connectivity index (χ4n) is 5.70. The zero-order valence-electron chi connectivity index (χ0n) is 17.9. The van der Waals surface area contributed by atoms with Crippen LogP contribution in [0, 0.1) is 18.3 Å². The van der Waals surface area contributed by atoms with E-state index in [0.29, 0.717) is 23.4 Å². The molecule has 2 aromatic rings. The summed E-state index contributed by atoms with van der Waals surface area (Å²) in [5, 5.41) is 0. The number of aryl methyl sites for hydroxylation is 1. The van der Waals surface area contributed by atoms with Gasteiger partial charge in [0.25, 0.3) is 5.91 Å². The van der Waals surface area contributed by atoms with E-state index in [1.165, 1.54) is 24.8 Å². The molecule has 0 N–H and O–H groups in total. The van der Waals surface area contributed by atoms with Gasteiger partial charge >= 0.3 is 0 Å². The topological polar surface area (TPSA) is 58.8 Å². The summed E-state index contributed by atoms with van der Waals surface area (Å²) in [6, 6.07) is 11.2. The fraction of sp³-hybridized carbons (Fsp3) is 0.583. The van der Waals surface area contributed by atoms with Crippen molar-refractivity contribution in [1.82, 2.24) is 14.8 Å². The number of hydrogen-bond acceptors (Lipinski definition) is 5. The normalized spacial score (nSPS) is 32.2. The predicted octanol–water partition coefficient (Wildman–Crippen LogP) is 3.69. The van der Waals surface area contributed by atoms with Gasteiger partial charge in [0.05, 0.1) is 18.4 Å². The molecular formula is C24H31N3O3. The van der Waals surface area contributed by atoms with E-state index in [1.807, 2.05) is 11.8 Å². The molecule has 0 spiro atoms. The van der Waals surface area contributed by atoms with E-state index in [4.69, 9.17) is 9.15 Å². The Bertz CT molecular complexity index is 890. The number of hydrogen-bond donors (Lipinski definition) is 0. The molecule has 160 valence electrons. The largest absolute Gasteiger partial charge is 0.438 e. The van der Waals surface area contributed by atoms with Gasteiger partial charge in [-0.05, 0) is 43.1 Å². The number of rotatable bonds is 3. The Hall–Kier alpha value is -2.18. The van der Waals surface area contributed by atoms with E-state index in [-0.39, 0.29) is 17.4 Å². The second kappa shape index (κ2) is 7.82. The van der Waals surface area contributed by atoms with Crippen molar-refractivity contribution in [3.8, 4) is 0 Å². The average molecular weight is 410 g/mol. The molecule has 1 aromatic heterocycles. The number of fused-ring (bicyclic) bond motifs is 1. The van der Waals surface area contributed by atoms with Crippen LogP contribution in [0.2, 0.25) is 0 Å². The number of oxazole rings is 1. The summed E-state index contributed by atoms with van der Waals surface area (Å²) >= 11 is 0. The molecule has 2 saturated heterocycles. The summed E-state index contributed by atoms with van der Waals surface area (Å²) in [6.07, 6.45) is 5.11. The Labute approximate surface area is 178 Å². The molecule has 30 heavy (non-hydrogen) atoms. The summed E-state index contributed by atoms with van der Waals surface area (Å²) in [6.45, 7) is 8.42. The lowest BCUT2D eigenvalue weighted by Gasteiger charge is -2.40. The maximum Gasteiger partial charge on any atom is 0.291 e. The third-order valence-electron chi connectivity index (χ3n) is 7.59. The number of benzene rings is 1. The second-order valence-corrected chi connectivity index (χ2v) is 9.49. The number of amides is 1. The molecule has 4 atom stereocenters. The number of piperazine rings is 1. The van der Waals surface area contributed by atoms with Gasteiger partial charge in [-0.25, -0.2) is 4.98 Å². The summed E-state index contributed by atoms with van der Waals surface area (Å²) in [7, 11) is 0. The molecule has 0 unspecified atom stereocenters. The van der Waals surface area contributed by atoms with Crippen LogP contribution in [-0.2, 0) is 4.74 Å². The Morgan fingerprint density at radius 1 is 1.13 bits per heavy atom. The van der Waals surface area contributed by atoms with Gasteiger partial charge in [0.15, 0.2) is 6.39 Å². The maximum absolute atomic E-state index is 12.7. The molecular weight excluding hydrogens is 378 g/mol. The first kappa shape index (κ1) is 19.8. The maximum atomic E-state index is 12.7. The lowest BCUT2D eigenvalue weighted by molar-refractivity contribution is -0.0819. The van der Waals surface area contributed by atoms with E-state index in [0.717, 1.165) is 39.2 Å². The molecule has 6 heteroatoms. The molecule has 1 saturated carbocycles. The van der Waals surface area contributed by atoms with Crippen molar-refractivity contribution in [3.05, 3.63) is 53.7 Å². The minimum absolute atomic E-state index is 0.0317. The summed E-state index contributed by atoms with van der Waals surface area (Å²) in [5.74, 6) is 1.04. The van der Waals surface area contributed by atoms with Crippen LogP contribution in [0.25, 0.3) is 0 Å². The van der Waals surface area contributed by atoms with Crippen molar-refractivity contribution in [3.63, 3.8) is 0 Å². The summed E-state index contributed by atoms with van der Waals surface area (Å²) in [4.78, 5) is 21.2.